The number of rotatable bonds is 5. The molecule has 0 spiro atoms. The Bertz CT molecular complexity index is 876. The minimum atomic E-state index is -0.266. The second kappa shape index (κ2) is 7.49. The van der Waals surface area contributed by atoms with Crippen LogP contribution in [-0.2, 0) is 0 Å². The highest BCUT2D eigenvalue weighted by molar-refractivity contribution is 6.03. The van der Waals surface area contributed by atoms with Gasteiger partial charge < -0.3 is 15.4 Å². The molecule has 1 heterocycles. The van der Waals surface area contributed by atoms with E-state index in [4.69, 9.17) is 4.74 Å². The summed E-state index contributed by atoms with van der Waals surface area (Å²) in [5.74, 6) is 0.471. The molecule has 5 heteroatoms. The van der Waals surface area contributed by atoms with E-state index in [-0.39, 0.29) is 5.91 Å². The fourth-order valence-electron chi connectivity index (χ4n) is 2.39. The van der Waals surface area contributed by atoms with Gasteiger partial charge in [-0.1, -0.05) is 12.1 Å². The van der Waals surface area contributed by atoms with Crippen LogP contribution in [0.5, 0.6) is 5.75 Å². The molecule has 126 valence electrons. The predicted molar refractivity (Wildman–Crippen MR) is 99.6 cm³/mol. The second-order valence-corrected chi connectivity index (χ2v) is 5.61. The van der Waals surface area contributed by atoms with Gasteiger partial charge in [-0.3, -0.25) is 9.78 Å². The molecule has 0 fully saturated rings. The van der Waals surface area contributed by atoms with E-state index in [1.807, 2.05) is 37.3 Å². The van der Waals surface area contributed by atoms with Crippen molar-refractivity contribution in [1.29, 1.82) is 0 Å². The summed E-state index contributed by atoms with van der Waals surface area (Å²) in [6.07, 6.45) is 1.61. The summed E-state index contributed by atoms with van der Waals surface area (Å²) < 4.78 is 5.11. The van der Waals surface area contributed by atoms with E-state index in [9.17, 15) is 4.79 Å². The van der Waals surface area contributed by atoms with Crippen LogP contribution in [0.4, 0.5) is 17.1 Å². The van der Waals surface area contributed by atoms with Crippen LogP contribution >= 0.6 is 0 Å². The monoisotopic (exact) mass is 333 g/mol. The number of aromatic nitrogens is 1. The third-order valence-electron chi connectivity index (χ3n) is 3.65. The molecule has 1 amide bonds. The highest BCUT2D eigenvalue weighted by atomic mass is 16.5. The number of nitrogens with zero attached hydrogens (tertiary/aromatic N) is 1. The summed E-state index contributed by atoms with van der Waals surface area (Å²) in [4.78, 5) is 16.5. The van der Waals surface area contributed by atoms with Crippen molar-refractivity contribution < 1.29 is 9.53 Å². The lowest BCUT2D eigenvalue weighted by molar-refractivity contribution is 0.102. The second-order valence-electron chi connectivity index (χ2n) is 5.61. The number of carbonyl (C=O) groups excluding carboxylic acids is 1. The number of amides is 1. The molecule has 0 radical (unpaired) electrons. The van der Waals surface area contributed by atoms with E-state index in [1.54, 1.807) is 43.6 Å². The normalized spacial score (nSPS) is 10.2. The predicted octanol–water partition coefficient (Wildman–Crippen LogP) is 4.39. The molecule has 0 aliphatic rings. The Labute approximate surface area is 146 Å². The van der Waals surface area contributed by atoms with Gasteiger partial charge in [-0.05, 0) is 61.0 Å². The maximum atomic E-state index is 12.4. The number of ether oxygens (including phenoxy) is 1. The molecular weight excluding hydrogens is 314 g/mol. The van der Waals surface area contributed by atoms with Crippen molar-refractivity contribution >= 4 is 23.0 Å². The molecule has 5 nitrogen and oxygen atoms in total. The summed E-state index contributed by atoms with van der Waals surface area (Å²) in [5, 5.41) is 6.11. The third kappa shape index (κ3) is 4.35. The smallest absolute Gasteiger partial charge is 0.274 e. The molecule has 3 aromatic rings. The summed E-state index contributed by atoms with van der Waals surface area (Å²) in [6, 6.07) is 18.7. The lowest BCUT2D eigenvalue weighted by Gasteiger charge is -2.09. The zero-order valence-electron chi connectivity index (χ0n) is 14.1. The number of methoxy groups -OCH3 is 1. The van der Waals surface area contributed by atoms with Gasteiger partial charge in [-0.2, -0.15) is 0 Å². The average Bonchev–Trinajstić information content (AvgIpc) is 2.62. The maximum absolute atomic E-state index is 12.4. The third-order valence-corrected chi connectivity index (χ3v) is 3.65. The first kappa shape index (κ1) is 16.5. The Balaban J connectivity index is 1.72. The Kier molecular flexibility index (Phi) is 4.95. The van der Waals surface area contributed by atoms with E-state index in [1.165, 1.54) is 0 Å². The molecule has 0 aliphatic heterocycles. The SMILES string of the molecule is COc1ccc(NC(=O)c2cc(Nc3cccc(C)c3)ccn2)cc1. The number of carbonyl (C=O) groups is 1. The van der Waals surface area contributed by atoms with E-state index < -0.39 is 0 Å². The van der Waals surface area contributed by atoms with Gasteiger partial charge in [0, 0.05) is 23.3 Å². The van der Waals surface area contributed by atoms with Crippen LogP contribution in [0.1, 0.15) is 16.1 Å². The van der Waals surface area contributed by atoms with Crippen LogP contribution < -0.4 is 15.4 Å². The number of hydrogen-bond donors (Lipinski definition) is 2. The summed E-state index contributed by atoms with van der Waals surface area (Å²) in [7, 11) is 1.60. The van der Waals surface area contributed by atoms with Crippen LogP contribution in [0.3, 0.4) is 0 Å². The number of pyridine rings is 1. The summed E-state index contributed by atoms with van der Waals surface area (Å²) in [6.45, 7) is 2.03. The van der Waals surface area contributed by atoms with Crippen LogP contribution in [0.15, 0.2) is 66.9 Å². The first-order valence-electron chi connectivity index (χ1n) is 7.89. The zero-order valence-corrected chi connectivity index (χ0v) is 14.1. The number of anilines is 3. The van der Waals surface area contributed by atoms with Crippen LogP contribution in [0.2, 0.25) is 0 Å². The summed E-state index contributed by atoms with van der Waals surface area (Å²) in [5.41, 5.74) is 3.96. The molecule has 2 aromatic carbocycles. The number of hydrogen-bond acceptors (Lipinski definition) is 4. The molecule has 2 N–H and O–H groups in total. The van der Waals surface area contributed by atoms with Crippen molar-refractivity contribution in [2.45, 2.75) is 6.92 Å². The number of benzene rings is 2. The van der Waals surface area contributed by atoms with Gasteiger partial charge in [-0.15, -0.1) is 0 Å². The maximum Gasteiger partial charge on any atom is 0.274 e. The average molecular weight is 333 g/mol. The Hall–Kier alpha value is -3.34. The lowest BCUT2D eigenvalue weighted by atomic mass is 10.2. The first-order chi connectivity index (χ1) is 12.1. The van der Waals surface area contributed by atoms with E-state index >= 15 is 0 Å². The number of aryl methyl sites for hydroxylation is 1. The van der Waals surface area contributed by atoms with Gasteiger partial charge in [-0.25, -0.2) is 0 Å². The fraction of sp³-hybridized carbons (Fsp3) is 0.100. The van der Waals surface area contributed by atoms with Crippen molar-refractivity contribution in [2.75, 3.05) is 17.7 Å². The zero-order chi connectivity index (χ0) is 17.6. The molecule has 0 saturated carbocycles. The molecule has 0 atom stereocenters. The Morgan fingerprint density at radius 1 is 0.960 bits per heavy atom. The van der Waals surface area contributed by atoms with Crippen molar-refractivity contribution in [1.82, 2.24) is 4.98 Å². The van der Waals surface area contributed by atoms with Gasteiger partial charge in [0.05, 0.1) is 7.11 Å². The quantitative estimate of drug-likeness (QED) is 0.727. The molecule has 1 aromatic heterocycles. The first-order valence-corrected chi connectivity index (χ1v) is 7.89. The molecular formula is C20H19N3O2. The van der Waals surface area contributed by atoms with Gasteiger partial charge in [0.1, 0.15) is 11.4 Å². The van der Waals surface area contributed by atoms with E-state index in [0.717, 1.165) is 22.7 Å². The highest BCUT2D eigenvalue weighted by Crippen LogP contribution is 2.19. The molecule has 0 unspecified atom stereocenters. The fourth-order valence-corrected chi connectivity index (χ4v) is 2.39. The number of nitrogens with one attached hydrogen (secondary N) is 2. The van der Waals surface area contributed by atoms with E-state index in [0.29, 0.717) is 11.4 Å². The van der Waals surface area contributed by atoms with Crippen molar-refractivity contribution in [3.8, 4) is 5.75 Å². The van der Waals surface area contributed by atoms with Crippen molar-refractivity contribution in [3.63, 3.8) is 0 Å². The summed E-state index contributed by atoms with van der Waals surface area (Å²) >= 11 is 0. The molecule has 0 aliphatic carbocycles. The molecule has 0 bridgehead atoms. The minimum absolute atomic E-state index is 0.266. The van der Waals surface area contributed by atoms with Crippen LogP contribution in [0.25, 0.3) is 0 Å². The molecule has 0 saturated heterocycles. The van der Waals surface area contributed by atoms with Gasteiger partial charge in [0.2, 0.25) is 0 Å². The Morgan fingerprint density at radius 3 is 2.44 bits per heavy atom. The van der Waals surface area contributed by atoms with Gasteiger partial charge >= 0.3 is 0 Å². The van der Waals surface area contributed by atoms with Gasteiger partial charge in [0.15, 0.2) is 0 Å². The van der Waals surface area contributed by atoms with Crippen LogP contribution in [0, 0.1) is 6.92 Å². The lowest BCUT2D eigenvalue weighted by Crippen LogP contribution is -2.13. The van der Waals surface area contributed by atoms with Crippen molar-refractivity contribution in [3.05, 3.63) is 78.1 Å². The standard InChI is InChI=1S/C20H19N3O2/c1-14-4-3-5-16(12-14)22-17-10-11-21-19(13-17)20(24)23-15-6-8-18(25-2)9-7-15/h3-13H,1-2H3,(H,21,22)(H,23,24). The Morgan fingerprint density at radius 2 is 1.72 bits per heavy atom. The van der Waals surface area contributed by atoms with Crippen LogP contribution in [-0.4, -0.2) is 18.0 Å². The molecule has 3 rings (SSSR count). The molecule has 25 heavy (non-hydrogen) atoms. The minimum Gasteiger partial charge on any atom is -0.497 e. The largest absolute Gasteiger partial charge is 0.497 e. The van der Waals surface area contributed by atoms with Gasteiger partial charge in [0.25, 0.3) is 5.91 Å². The topological polar surface area (TPSA) is 63.2 Å². The van der Waals surface area contributed by atoms with Crippen molar-refractivity contribution in [2.24, 2.45) is 0 Å². The highest BCUT2D eigenvalue weighted by Gasteiger charge is 2.09. The van der Waals surface area contributed by atoms with E-state index in [2.05, 4.69) is 15.6 Å².